The first-order valence-corrected chi connectivity index (χ1v) is 6.65. The smallest absolute Gasteiger partial charge is 0.118 e. The second kappa shape index (κ2) is 5.33. The van der Waals surface area contributed by atoms with Crippen molar-refractivity contribution in [2.24, 2.45) is 0 Å². The van der Waals surface area contributed by atoms with E-state index in [-0.39, 0.29) is 0 Å². The van der Waals surface area contributed by atoms with Crippen LogP contribution in [0, 0.1) is 11.2 Å². The van der Waals surface area contributed by atoms with Gasteiger partial charge in [0.1, 0.15) is 5.75 Å². The highest BCUT2D eigenvalue weighted by atomic mass is 127. The third-order valence-electron chi connectivity index (χ3n) is 1.32. The molecule has 0 aliphatic rings. The number of methoxy groups -OCH3 is 1. The molecule has 0 aliphatic heterocycles. The summed E-state index contributed by atoms with van der Waals surface area (Å²) in [5.74, 6) is 3.86. The number of rotatable bonds is 1. The summed E-state index contributed by atoms with van der Waals surface area (Å²) in [6, 6.07) is 7.70. The van der Waals surface area contributed by atoms with Crippen LogP contribution in [0.4, 0.5) is 0 Å². The predicted octanol–water partition coefficient (Wildman–Crippen LogP) is 3.09. The van der Waals surface area contributed by atoms with Crippen LogP contribution in [0.5, 0.6) is 5.75 Å². The van der Waals surface area contributed by atoms with Gasteiger partial charge in [-0.1, -0.05) is 5.92 Å². The minimum absolute atomic E-state index is 0.864. The second-order valence-electron chi connectivity index (χ2n) is 2.03. The predicted molar refractivity (Wildman–Crippen MR) is 61.5 cm³/mol. The topological polar surface area (TPSA) is 9.23 Å². The van der Waals surface area contributed by atoms with Crippen LogP contribution in [-0.2, 0) is 0 Å². The van der Waals surface area contributed by atoms with Crippen molar-refractivity contribution in [1.29, 1.82) is 0 Å². The van der Waals surface area contributed by atoms with Crippen LogP contribution in [0.1, 0.15) is 5.56 Å². The Morgan fingerprint density at radius 2 is 2.00 bits per heavy atom. The van der Waals surface area contributed by atoms with Crippen molar-refractivity contribution in [2.45, 2.75) is 0 Å². The molecule has 0 heterocycles. The maximum atomic E-state index is 5.02. The van der Waals surface area contributed by atoms with Gasteiger partial charge in [-0.25, -0.2) is 0 Å². The van der Waals surface area contributed by atoms with Gasteiger partial charge in [-0.3, -0.25) is 0 Å². The van der Waals surface area contributed by atoms with Gasteiger partial charge < -0.3 is 4.74 Å². The molecule has 0 spiro atoms. The maximum absolute atomic E-state index is 5.02. The third kappa shape index (κ3) is 2.95. The van der Waals surface area contributed by atoms with E-state index in [4.69, 9.17) is 4.74 Å². The van der Waals surface area contributed by atoms with Crippen molar-refractivity contribution in [3.63, 3.8) is 0 Å². The third-order valence-corrected chi connectivity index (χ3v) is 2.16. The van der Waals surface area contributed by atoms with E-state index >= 15 is 0 Å². The molecule has 1 rings (SSSR count). The van der Waals surface area contributed by atoms with Crippen LogP contribution < -0.4 is 4.74 Å². The molecular weight excluding hydrogens is 283 g/mol. The molecule has 0 N–H and O–H groups in total. The molecular formula is C9H7IOS. The van der Waals surface area contributed by atoms with Gasteiger partial charge in [0, 0.05) is 26.8 Å². The normalized spacial score (nSPS) is 8.50. The van der Waals surface area contributed by atoms with E-state index in [0.29, 0.717) is 0 Å². The number of hydrogen-bond acceptors (Lipinski definition) is 2. The zero-order chi connectivity index (χ0) is 8.81. The minimum Gasteiger partial charge on any atom is -0.497 e. The van der Waals surface area contributed by atoms with E-state index in [1.807, 2.05) is 24.3 Å². The molecule has 0 radical (unpaired) electrons. The highest BCUT2D eigenvalue weighted by molar-refractivity contribution is 14.2. The Bertz CT molecular complexity index is 297. The van der Waals surface area contributed by atoms with Gasteiger partial charge in [-0.05, 0) is 38.5 Å². The van der Waals surface area contributed by atoms with Crippen LogP contribution in [-0.4, -0.2) is 7.11 Å². The molecule has 1 aromatic carbocycles. The Morgan fingerprint density at radius 1 is 1.33 bits per heavy atom. The Labute approximate surface area is 88.5 Å². The average molecular weight is 290 g/mol. The van der Waals surface area contributed by atoms with Gasteiger partial charge in [0.15, 0.2) is 0 Å². The first-order chi connectivity index (χ1) is 5.86. The molecule has 0 saturated heterocycles. The fourth-order valence-corrected chi connectivity index (χ4v) is 1.24. The number of hydrogen-bond donors (Lipinski definition) is 0. The van der Waals surface area contributed by atoms with Gasteiger partial charge in [0.25, 0.3) is 0 Å². The van der Waals surface area contributed by atoms with Crippen LogP contribution in [0.15, 0.2) is 24.3 Å². The molecule has 0 fully saturated rings. The van der Waals surface area contributed by atoms with E-state index in [1.165, 1.54) is 8.93 Å². The zero-order valence-electron chi connectivity index (χ0n) is 6.50. The molecule has 0 unspecified atom stereocenters. The van der Waals surface area contributed by atoms with E-state index in [2.05, 4.69) is 32.4 Å². The van der Waals surface area contributed by atoms with E-state index in [1.54, 1.807) is 7.11 Å². The standard InChI is InChI=1S/C9H7IOS/c1-11-9-4-2-8(3-5-9)6-7-12-10/h2-5H,1H3. The van der Waals surface area contributed by atoms with Crippen molar-refractivity contribution in [3.05, 3.63) is 29.8 Å². The molecule has 0 aromatic heterocycles. The zero-order valence-corrected chi connectivity index (χ0v) is 9.48. The van der Waals surface area contributed by atoms with Gasteiger partial charge in [-0.15, -0.1) is 0 Å². The molecule has 0 bridgehead atoms. The Hall–Kier alpha value is -0.340. The fraction of sp³-hybridized carbons (Fsp3) is 0.111. The van der Waals surface area contributed by atoms with Gasteiger partial charge >= 0.3 is 0 Å². The quantitative estimate of drug-likeness (QED) is 0.580. The summed E-state index contributed by atoms with van der Waals surface area (Å²) in [5, 5.41) is 2.91. The van der Waals surface area contributed by atoms with Crippen molar-refractivity contribution in [1.82, 2.24) is 0 Å². The highest BCUT2D eigenvalue weighted by Crippen LogP contribution is 2.12. The van der Waals surface area contributed by atoms with Crippen LogP contribution in [0.25, 0.3) is 0 Å². The monoisotopic (exact) mass is 290 g/mol. The minimum atomic E-state index is 0.864. The summed E-state index contributed by atoms with van der Waals surface area (Å²) in [5.41, 5.74) is 1.01. The summed E-state index contributed by atoms with van der Waals surface area (Å²) in [6.07, 6.45) is 0. The summed E-state index contributed by atoms with van der Waals surface area (Å²) in [7, 11) is 3.14. The van der Waals surface area contributed by atoms with Crippen molar-refractivity contribution < 1.29 is 4.74 Å². The van der Waals surface area contributed by atoms with Crippen LogP contribution >= 0.6 is 30.1 Å². The Morgan fingerprint density at radius 3 is 2.50 bits per heavy atom. The summed E-state index contributed by atoms with van der Waals surface area (Å²) in [4.78, 5) is 0. The Kier molecular flexibility index (Phi) is 4.33. The lowest BCUT2D eigenvalue weighted by Crippen LogP contribution is -1.81. The van der Waals surface area contributed by atoms with Gasteiger partial charge in [0.05, 0.1) is 7.11 Å². The first kappa shape index (κ1) is 9.75. The summed E-state index contributed by atoms with van der Waals surface area (Å²) < 4.78 is 5.02. The Balaban J connectivity index is 2.78. The molecule has 1 aromatic rings. The second-order valence-corrected chi connectivity index (χ2v) is 3.71. The van der Waals surface area contributed by atoms with Crippen molar-refractivity contribution in [3.8, 4) is 16.9 Å². The molecule has 12 heavy (non-hydrogen) atoms. The first-order valence-electron chi connectivity index (χ1n) is 3.29. The van der Waals surface area contributed by atoms with Crippen LogP contribution in [0.2, 0.25) is 0 Å². The number of halogens is 1. The lowest BCUT2D eigenvalue weighted by atomic mass is 10.2. The van der Waals surface area contributed by atoms with E-state index < -0.39 is 0 Å². The fourth-order valence-electron chi connectivity index (χ4n) is 0.753. The summed E-state index contributed by atoms with van der Waals surface area (Å²) >= 11 is 2.15. The van der Waals surface area contributed by atoms with E-state index in [0.717, 1.165) is 11.3 Å². The molecule has 1 nitrogen and oxygen atoms in total. The van der Waals surface area contributed by atoms with E-state index in [9.17, 15) is 0 Å². The number of ether oxygens (including phenoxy) is 1. The summed E-state index contributed by atoms with van der Waals surface area (Å²) in [6.45, 7) is 0. The van der Waals surface area contributed by atoms with Crippen LogP contribution in [0.3, 0.4) is 0 Å². The average Bonchev–Trinajstić information content (AvgIpc) is 2.15. The lowest BCUT2D eigenvalue weighted by Gasteiger charge is -1.96. The highest BCUT2D eigenvalue weighted by Gasteiger charge is 1.88. The molecule has 3 heteroatoms. The molecule has 0 atom stereocenters. The largest absolute Gasteiger partial charge is 0.497 e. The van der Waals surface area contributed by atoms with Gasteiger partial charge in [-0.2, -0.15) is 0 Å². The lowest BCUT2D eigenvalue weighted by molar-refractivity contribution is 0.415. The van der Waals surface area contributed by atoms with Crippen molar-refractivity contribution in [2.75, 3.05) is 7.11 Å². The molecule has 0 saturated carbocycles. The maximum Gasteiger partial charge on any atom is 0.118 e. The van der Waals surface area contributed by atoms with Gasteiger partial charge in [0.2, 0.25) is 0 Å². The molecule has 62 valence electrons. The van der Waals surface area contributed by atoms with Crippen molar-refractivity contribution >= 4 is 30.1 Å². The number of benzene rings is 1. The SMILES string of the molecule is COc1ccc(C#CSI)cc1. The molecule has 0 aliphatic carbocycles. The molecule has 0 amide bonds.